The molecule has 4 aromatic rings. The Morgan fingerprint density at radius 3 is 2.26 bits per heavy atom. The van der Waals surface area contributed by atoms with Crippen LogP contribution in [0.1, 0.15) is 28.6 Å². The second kappa shape index (κ2) is 14.0. The lowest BCUT2D eigenvalue weighted by molar-refractivity contribution is -0.115. The molecule has 4 rings (SSSR count). The Morgan fingerprint density at radius 1 is 0.905 bits per heavy atom. The van der Waals surface area contributed by atoms with Crippen LogP contribution in [0.4, 0.5) is 11.5 Å². The summed E-state index contributed by atoms with van der Waals surface area (Å²) in [6.07, 6.45) is 1.55. The van der Waals surface area contributed by atoms with E-state index in [9.17, 15) is 14.4 Å². The van der Waals surface area contributed by atoms with Crippen LogP contribution in [0.5, 0.6) is 11.5 Å². The smallest absolute Gasteiger partial charge is 0.272 e. The van der Waals surface area contributed by atoms with Gasteiger partial charge in [-0.2, -0.15) is 0 Å². The number of carbonyl (C=O) groups is 3. The Bertz CT molecular complexity index is 1580. The highest BCUT2D eigenvalue weighted by atomic mass is 32.2. The lowest BCUT2D eigenvalue weighted by Crippen LogP contribution is -2.30. The van der Waals surface area contributed by atoms with Crippen molar-refractivity contribution < 1.29 is 28.4 Å². The van der Waals surface area contributed by atoms with Crippen LogP contribution < -0.4 is 25.4 Å². The number of amides is 3. The van der Waals surface area contributed by atoms with Gasteiger partial charge in [0, 0.05) is 22.2 Å². The number of carbonyl (C=O) groups excluding carboxylic acids is 3. The number of thioether (sulfide) groups is 1. The lowest BCUT2D eigenvalue weighted by Gasteiger charge is -2.13. The molecule has 1 aromatic heterocycles. The van der Waals surface area contributed by atoms with Crippen molar-refractivity contribution in [3.63, 3.8) is 0 Å². The predicted molar refractivity (Wildman–Crippen MR) is 162 cm³/mol. The number of nitrogens with one attached hydrogen (secondary N) is 3. The van der Waals surface area contributed by atoms with Crippen LogP contribution in [0.2, 0.25) is 0 Å². The topological polar surface area (TPSA) is 132 Å². The first-order chi connectivity index (χ1) is 20.2. The maximum atomic E-state index is 13.4. The van der Waals surface area contributed by atoms with Gasteiger partial charge >= 0.3 is 0 Å². The fourth-order valence-corrected chi connectivity index (χ4v) is 4.65. The molecule has 0 spiro atoms. The Hall–Kier alpha value is -5.03. The summed E-state index contributed by atoms with van der Waals surface area (Å²) in [6.45, 7) is 3.52. The van der Waals surface area contributed by atoms with Gasteiger partial charge in [-0.3, -0.25) is 14.4 Å². The van der Waals surface area contributed by atoms with Gasteiger partial charge in [-0.1, -0.05) is 29.4 Å². The van der Waals surface area contributed by atoms with E-state index in [2.05, 4.69) is 21.1 Å². The average molecular weight is 587 g/mol. The number of methoxy groups -OCH3 is 2. The van der Waals surface area contributed by atoms with E-state index in [0.717, 1.165) is 4.90 Å². The van der Waals surface area contributed by atoms with Crippen molar-refractivity contribution >= 4 is 47.1 Å². The van der Waals surface area contributed by atoms with Crippen molar-refractivity contribution in [3.8, 4) is 11.5 Å². The Balaban J connectivity index is 1.48. The molecular weight excluding hydrogens is 556 g/mol. The molecule has 0 saturated heterocycles. The van der Waals surface area contributed by atoms with Crippen LogP contribution in [0, 0.1) is 6.92 Å². The first-order valence-electron chi connectivity index (χ1n) is 12.9. The third kappa shape index (κ3) is 8.01. The lowest BCUT2D eigenvalue weighted by atomic mass is 10.1. The van der Waals surface area contributed by atoms with Gasteiger partial charge in [0.25, 0.3) is 11.8 Å². The number of ether oxygens (including phenoxy) is 2. The molecular formula is C31H30N4O6S. The SMILES string of the molecule is COc1ccc(/C=C(\NC(=O)c2ccccc2)C(=O)Nc2ccc(SC(C)C(=O)Nc3cc(C)on3)cc2)cc1OC. The number of anilines is 2. The number of aromatic nitrogens is 1. The third-order valence-corrected chi connectivity index (χ3v) is 7.03. The maximum absolute atomic E-state index is 13.4. The Labute approximate surface area is 247 Å². The van der Waals surface area contributed by atoms with Gasteiger partial charge in [0.1, 0.15) is 11.5 Å². The fourth-order valence-electron chi connectivity index (χ4n) is 3.78. The second-order valence-corrected chi connectivity index (χ2v) is 10.5. The van der Waals surface area contributed by atoms with Crippen molar-refractivity contribution in [3.05, 3.63) is 101 Å². The molecule has 216 valence electrons. The third-order valence-electron chi connectivity index (χ3n) is 5.92. The number of hydrogen-bond donors (Lipinski definition) is 3. The van der Waals surface area contributed by atoms with Crippen LogP contribution in [-0.2, 0) is 9.59 Å². The van der Waals surface area contributed by atoms with Crippen molar-refractivity contribution in [2.45, 2.75) is 24.0 Å². The molecule has 0 bridgehead atoms. The van der Waals surface area contributed by atoms with Gasteiger partial charge in [0.05, 0.1) is 19.5 Å². The number of rotatable bonds is 11. The predicted octanol–water partition coefficient (Wildman–Crippen LogP) is 5.53. The van der Waals surface area contributed by atoms with Crippen molar-refractivity contribution in [2.75, 3.05) is 24.9 Å². The number of benzene rings is 3. The van der Waals surface area contributed by atoms with Gasteiger partial charge in [-0.25, -0.2) is 0 Å². The van der Waals surface area contributed by atoms with E-state index in [1.54, 1.807) is 98.8 Å². The van der Waals surface area contributed by atoms with Crippen molar-refractivity contribution in [1.29, 1.82) is 0 Å². The van der Waals surface area contributed by atoms with Gasteiger partial charge in [-0.15, -0.1) is 11.8 Å². The van der Waals surface area contributed by atoms with E-state index < -0.39 is 17.1 Å². The van der Waals surface area contributed by atoms with Crippen LogP contribution >= 0.6 is 11.8 Å². The highest BCUT2D eigenvalue weighted by molar-refractivity contribution is 8.00. The summed E-state index contributed by atoms with van der Waals surface area (Å²) in [4.78, 5) is 39.6. The summed E-state index contributed by atoms with van der Waals surface area (Å²) in [7, 11) is 3.05. The first kappa shape index (κ1) is 29.9. The van der Waals surface area contributed by atoms with Crippen molar-refractivity contribution in [2.24, 2.45) is 0 Å². The number of aryl methyl sites for hydroxylation is 1. The van der Waals surface area contributed by atoms with E-state index in [0.29, 0.717) is 39.9 Å². The minimum atomic E-state index is -0.523. The van der Waals surface area contributed by atoms with Gasteiger partial charge in [0.15, 0.2) is 17.3 Å². The molecule has 0 aliphatic rings. The number of hydrogen-bond acceptors (Lipinski definition) is 8. The summed E-state index contributed by atoms with van der Waals surface area (Å²) < 4.78 is 15.6. The summed E-state index contributed by atoms with van der Waals surface area (Å²) in [5.41, 5.74) is 1.56. The van der Waals surface area contributed by atoms with E-state index in [1.807, 2.05) is 0 Å². The minimum Gasteiger partial charge on any atom is -0.493 e. The summed E-state index contributed by atoms with van der Waals surface area (Å²) in [6, 6.07) is 22.4. The molecule has 11 heteroatoms. The van der Waals surface area contributed by atoms with Crippen LogP contribution in [0.15, 0.2) is 94.0 Å². The molecule has 3 aromatic carbocycles. The standard InChI is InChI=1S/C31H30N4O6S/c1-19-16-28(35-41-19)34-29(36)20(2)42-24-13-11-23(12-14-24)32-31(38)25(33-30(37)22-8-6-5-7-9-22)17-21-10-15-26(39-3)27(18-21)40-4/h5-18,20H,1-4H3,(H,32,38)(H,33,37)(H,34,35,36)/b25-17-. The number of nitrogens with zero attached hydrogens (tertiary/aromatic N) is 1. The molecule has 3 N–H and O–H groups in total. The van der Waals surface area contributed by atoms with Crippen LogP contribution in [0.25, 0.3) is 6.08 Å². The van der Waals surface area contributed by atoms with E-state index in [-0.39, 0.29) is 11.6 Å². The monoisotopic (exact) mass is 586 g/mol. The molecule has 42 heavy (non-hydrogen) atoms. The zero-order valence-electron chi connectivity index (χ0n) is 23.5. The molecule has 0 aliphatic heterocycles. The Kier molecular flexibility index (Phi) is 10.0. The zero-order chi connectivity index (χ0) is 30.1. The molecule has 0 radical (unpaired) electrons. The van der Waals surface area contributed by atoms with E-state index in [4.69, 9.17) is 14.0 Å². The second-order valence-electron chi connectivity index (χ2n) is 9.04. The van der Waals surface area contributed by atoms with Gasteiger partial charge in [0.2, 0.25) is 5.91 Å². The molecule has 0 fully saturated rings. The summed E-state index contributed by atoms with van der Waals surface area (Å²) >= 11 is 1.35. The normalized spacial score (nSPS) is 11.8. The first-order valence-corrected chi connectivity index (χ1v) is 13.8. The van der Waals surface area contributed by atoms with E-state index >= 15 is 0 Å². The van der Waals surface area contributed by atoms with Crippen LogP contribution in [0.3, 0.4) is 0 Å². The Morgan fingerprint density at radius 2 is 1.62 bits per heavy atom. The fraction of sp³-hybridized carbons (Fsp3) is 0.161. The van der Waals surface area contributed by atoms with Gasteiger partial charge < -0.3 is 29.9 Å². The summed E-state index contributed by atoms with van der Waals surface area (Å²) in [5, 5.41) is 11.6. The molecule has 0 aliphatic carbocycles. The molecule has 1 atom stereocenters. The molecule has 1 heterocycles. The van der Waals surface area contributed by atoms with E-state index in [1.165, 1.54) is 26.0 Å². The van der Waals surface area contributed by atoms with Crippen molar-refractivity contribution in [1.82, 2.24) is 10.5 Å². The summed E-state index contributed by atoms with van der Waals surface area (Å²) in [5.74, 6) is 0.801. The quantitative estimate of drug-likeness (QED) is 0.154. The largest absolute Gasteiger partial charge is 0.493 e. The molecule has 1 unspecified atom stereocenters. The molecule has 0 saturated carbocycles. The highest BCUT2D eigenvalue weighted by Gasteiger charge is 2.18. The maximum Gasteiger partial charge on any atom is 0.272 e. The zero-order valence-corrected chi connectivity index (χ0v) is 24.3. The highest BCUT2D eigenvalue weighted by Crippen LogP contribution is 2.29. The molecule has 10 nitrogen and oxygen atoms in total. The minimum absolute atomic E-state index is 0.0305. The van der Waals surface area contributed by atoms with Crippen LogP contribution in [-0.4, -0.2) is 42.3 Å². The average Bonchev–Trinajstić information content (AvgIpc) is 3.41. The van der Waals surface area contributed by atoms with Gasteiger partial charge in [-0.05, 0) is 74.0 Å². The molecule has 3 amide bonds.